The van der Waals surface area contributed by atoms with Crippen LogP contribution in [0.2, 0.25) is 0 Å². The number of methoxy groups -OCH3 is 1. The second-order valence-electron chi connectivity index (χ2n) is 10.5. The number of nitrogens with zero attached hydrogens (tertiary/aromatic N) is 3. The third-order valence-corrected chi connectivity index (χ3v) is 8.41. The molecule has 1 aliphatic carbocycles. The molecule has 182 valence electrons. The maximum Gasteiger partial charge on any atom is 0.320 e. The summed E-state index contributed by atoms with van der Waals surface area (Å²) in [5.41, 5.74) is 2.44. The van der Waals surface area contributed by atoms with Crippen molar-refractivity contribution in [1.29, 1.82) is 0 Å². The van der Waals surface area contributed by atoms with Crippen LogP contribution in [0.25, 0.3) is 0 Å². The van der Waals surface area contributed by atoms with Crippen molar-refractivity contribution in [1.82, 2.24) is 14.7 Å². The van der Waals surface area contributed by atoms with E-state index in [-0.39, 0.29) is 17.1 Å². The molecule has 2 aromatic rings. The van der Waals surface area contributed by atoms with Crippen molar-refractivity contribution in [3.05, 3.63) is 65.7 Å². The molecule has 0 unspecified atom stereocenters. The fourth-order valence-corrected chi connectivity index (χ4v) is 6.18. The standard InChI is InChI=1S/C28H37N3O3/c1-29(2)28(24-7-5-4-6-8-24)15-13-27(14-16-28)21-30(17-22-9-11-25(33-3)12-10-22)26(32)31(27)18-23-19-34-20-23/h4-12,23H,13-21H2,1-3H3/t27-,28+. The van der Waals surface area contributed by atoms with Crippen LogP contribution in [0.4, 0.5) is 4.79 Å². The fraction of sp³-hybridized carbons (Fsp3) is 0.536. The monoisotopic (exact) mass is 463 g/mol. The first-order valence-electron chi connectivity index (χ1n) is 12.5. The van der Waals surface area contributed by atoms with E-state index in [1.807, 2.05) is 12.1 Å². The average Bonchev–Trinajstić information content (AvgIpc) is 3.08. The topological polar surface area (TPSA) is 45.2 Å². The van der Waals surface area contributed by atoms with Crippen LogP contribution >= 0.6 is 0 Å². The highest BCUT2D eigenvalue weighted by Crippen LogP contribution is 2.49. The highest BCUT2D eigenvalue weighted by Gasteiger charge is 2.54. The van der Waals surface area contributed by atoms with Crippen LogP contribution in [0, 0.1) is 5.92 Å². The van der Waals surface area contributed by atoms with Gasteiger partial charge in [0.05, 0.1) is 25.9 Å². The highest BCUT2D eigenvalue weighted by atomic mass is 16.5. The molecule has 0 atom stereocenters. The summed E-state index contributed by atoms with van der Waals surface area (Å²) in [6.07, 6.45) is 4.12. The van der Waals surface area contributed by atoms with Gasteiger partial charge in [-0.05, 0) is 63.0 Å². The number of hydrogen-bond donors (Lipinski definition) is 0. The van der Waals surface area contributed by atoms with Crippen LogP contribution in [-0.2, 0) is 16.8 Å². The Morgan fingerprint density at radius 1 is 1.00 bits per heavy atom. The van der Waals surface area contributed by atoms with Crippen molar-refractivity contribution in [3.63, 3.8) is 0 Å². The lowest BCUT2D eigenvalue weighted by Gasteiger charge is -2.51. The minimum Gasteiger partial charge on any atom is -0.497 e. The number of hydrogen-bond acceptors (Lipinski definition) is 4. The van der Waals surface area contributed by atoms with E-state index < -0.39 is 0 Å². The SMILES string of the molecule is COc1ccc(CN2C[C@]3(CC[C@](c4ccccc4)(N(C)C)CC3)N(CC3COC3)C2=O)cc1. The van der Waals surface area contributed by atoms with E-state index in [4.69, 9.17) is 9.47 Å². The molecule has 6 heteroatoms. The van der Waals surface area contributed by atoms with Gasteiger partial charge in [0.15, 0.2) is 0 Å². The van der Waals surface area contributed by atoms with Crippen LogP contribution < -0.4 is 4.74 Å². The Labute approximate surface area is 203 Å². The molecule has 0 aromatic heterocycles. The maximum absolute atomic E-state index is 13.7. The van der Waals surface area contributed by atoms with Gasteiger partial charge in [-0.15, -0.1) is 0 Å². The van der Waals surface area contributed by atoms with Gasteiger partial charge < -0.3 is 19.3 Å². The Morgan fingerprint density at radius 2 is 1.68 bits per heavy atom. The Kier molecular flexibility index (Phi) is 6.30. The van der Waals surface area contributed by atoms with Gasteiger partial charge in [-0.2, -0.15) is 0 Å². The van der Waals surface area contributed by atoms with E-state index in [1.54, 1.807) is 7.11 Å². The van der Waals surface area contributed by atoms with E-state index in [0.29, 0.717) is 12.5 Å². The van der Waals surface area contributed by atoms with E-state index in [2.05, 4.69) is 71.3 Å². The van der Waals surface area contributed by atoms with Gasteiger partial charge in [0.2, 0.25) is 0 Å². The maximum atomic E-state index is 13.7. The lowest BCUT2D eigenvalue weighted by atomic mass is 9.68. The van der Waals surface area contributed by atoms with Crippen LogP contribution in [0.15, 0.2) is 54.6 Å². The predicted octanol–water partition coefficient (Wildman–Crippen LogP) is 4.35. The zero-order valence-corrected chi connectivity index (χ0v) is 20.7. The fourth-order valence-electron chi connectivity index (χ4n) is 6.18. The van der Waals surface area contributed by atoms with Gasteiger partial charge in [-0.1, -0.05) is 42.5 Å². The molecule has 2 aromatic carbocycles. The zero-order chi connectivity index (χ0) is 23.8. The van der Waals surface area contributed by atoms with Gasteiger partial charge in [0.25, 0.3) is 0 Å². The summed E-state index contributed by atoms with van der Waals surface area (Å²) in [7, 11) is 6.07. The molecule has 2 aliphatic heterocycles. The summed E-state index contributed by atoms with van der Waals surface area (Å²) in [6.45, 7) is 3.77. The second-order valence-corrected chi connectivity index (χ2v) is 10.5. The van der Waals surface area contributed by atoms with E-state index in [1.165, 1.54) is 5.56 Å². The number of benzene rings is 2. The Morgan fingerprint density at radius 3 is 2.24 bits per heavy atom. The minimum absolute atomic E-state index is 0.0181. The van der Waals surface area contributed by atoms with Gasteiger partial charge in [0, 0.05) is 31.1 Å². The lowest BCUT2D eigenvalue weighted by molar-refractivity contribution is -0.0569. The normalized spacial score (nSPS) is 27.5. The minimum atomic E-state index is -0.104. The van der Waals surface area contributed by atoms with Gasteiger partial charge in [-0.3, -0.25) is 4.90 Å². The summed E-state index contributed by atoms with van der Waals surface area (Å²) in [5.74, 6) is 1.30. The van der Waals surface area contributed by atoms with Gasteiger partial charge in [-0.25, -0.2) is 4.79 Å². The molecule has 0 N–H and O–H groups in total. The smallest absolute Gasteiger partial charge is 0.320 e. The van der Waals surface area contributed by atoms with Crippen molar-refractivity contribution in [2.45, 2.75) is 43.3 Å². The van der Waals surface area contributed by atoms with Crippen molar-refractivity contribution in [3.8, 4) is 5.75 Å². The van der Waals surface area contributed by atoms with Crippen molar-refractivity contribution < 1.29 is 14.3 Å². The number of urea groups is 1. The molecule has 3 fully saturated rings. The molecule has 0 radical (unpaired) electrons. The molecule has 2 saturated heterocycles. The summed E-state index contributed by atoms with van der Waals surface area (Å²) in [5, 5.41) is 0. The van der Waals surface area contributed by atoms with E-state index in [0.717, 1.165) is 63.3 Å². The largest absolute Gasteiger partial charge is 0.497 e. The van der Waals surface area contributed by atoms with Crippen molar-refractivity contribution >= 4 is 6.03 Å². The third kappa shape index (κ3) is 4.07. The molecular weight excluding hydrogens is 426 g/mol. The molecule has 2 amide bonds. The second kappa shape index (κ2) is 9.23. The number of amides is 2. The van der Waals surface area contributed by atoms with Crippen molar-refractivity contribution in [2.24, 2.45) is 5.92 Å². The van der Waals surface area contributed by atoms with Gasteiger partial charge in [0.1, 0.15) is 5.75 Å². The number of carbonyl (C=O) groups excluding carboxylic acids is 1. The molecule has 0 bridgehead atoms. The molecule has 6 nitrogen and oxygen atoms in total. The first-order valence-corrected chi connectivity index (χ1v) is 12.5. The number of ether oxygens (including phenoxy) is 2. The molecule has 34 heavy (non-hydrogen) atoms. The van der Waals surface area contributed by atoms with Crippen molar-refractivity contribution in [2.75, 3.05) is 47.5 Å². The number of carbonyl (C=O) groups is 1. The average molecular weight is 464 g/mol. The summed E-state index contributed by atoms with van der Waals surface area (Å²) in [4.78, 5) is 20.4. The number of rotatable bonds is 7. The zero-order valence-electron chi connectivity index (χ0n) is 20.7. The van der Waals surface area contributed by atoms with Gasteiger partial charge >= 0.3 is 6.03 Å². The summed E-state index contributed by atoms with van der Waals surface area (Å²) in [6, 6.07) is 19.2. The quantitative estimate of drug-likeness (QED) is 0.613. The first kappa shape index (κ1) is 23.2. The third-order valence-electron chi connectivity index (χ3n) is 8.41. The van der Waals surface area contributed by atoms with Crippen LogP contribution in [-0.4, -0.2) is 73.8 Å². The molecule has 2 heterocycles. The summed E-state index contributed by atoms with van der Waals surface area (Å²) < 4.78 is 10.8. The Hall–Kier alpha value is -2.57. The molecule has 1 saturated carbocycles. The molecule has 3 aliphatic rings. The molecular formula is C28H37N3O3. The van der Waals surface area contributed by atoms with E-state index >= 15 is 0 Å². The Bertz CT molecular complexity index is 980. The van der Waals surface area contributed by atoms with Crippen LogP contribution in [0.1, 0.15) is 36.8 Å². The lowest BCUT2D eigenvalue weighted by Crippen LogP contribution is -2.57. The molecule has 5 rings (SSSR count). The summed E-state index contributed by atoms with van der Waals surface area (Å²) >= 11 is 0. The predicted molar refractivity (Wildman–Crippen MR) is 133 cm³/mol. The van der Waals surface area contributed by atoms with Crippen LogP contribution in [0.5, 0.6) is 5.75 Å². The molecule has 1 spiro atoms. The Balaban J connectivity index is 1.38. The highest BCUT2D eigenvalue weighted by molar-refractivity contribution is 5.78. The van der Waals surface area contributed by atoms with Crippen LogP contribution in [0.3, 0.4) is 0 Å². The first-order chi connectivity index (χ1) is 16.5. The van der Waals surface area contributed by atoms with E-state index in [9.17, 15) is 4.79 Å².